The van der Waals surface area contributed by atoms with Crippen LogP contribution in [-0.4, -0.2) is 55.5 Å². The van der Waals surface area contributed by atoms with Gasteiger partial charge in [-0.2, -0.15) is 0 Å². The second-order valence-electron chi connectivity index (χ2n) is 5.90. The number of hydrogen-bond acceptors (Lipinski definition) is 4. The summed E-state index contributed by atoms with van der Waals surface area (Å²) in [5.74, 6) is 1.50. The Labute approximate surface area is 183 Å². The Kier molecular flexibility index (Phi) is 10.9. The van der Waals surface area contributed by atoms with Gasteiger partial charge in [-0.05, 0) is 36.8 Å². The van der Waals surface area contributed by atoms with Crippen molar-refractivity contribution in [1.82, 2.24) is 20.5 Å². The van der Waals surface area contributed by atoms with Crippen LogP contribution >= 0.6 is 24.0 Å². The van der Waals surface area contributed by atoms with Crippen molar-refractivity contribution in [2.45, 2.75) is 13.5 Å². The van der Waals surface area contributed by atoms with Gasteiger partial charge in [0.05, 0.1) is 12.2 Å². The molecule has 152 valence electrons. The number of halogens is 1. The van der Waals surface area contributed by atoms with Crippen molar-refractivity contribution in [2.75, 3.05) is 33.8 Å². The van der Waals surface area contributed by atoms with Crippen molar-refractivity contribution in [3.8, 4) is 5.75 Å². The van der Waals surface area contributed by atoms with Crippen LogP contribution in [0.25, 0.3) is 0 Å². The summed E-state index contributed by atoms with van der Waals surface area (Å²) >= 11 is 0. The lowest BCUT2D eigenvalue weighted by molar-refractivity contribution is 0.0954. The molecule has 0 aliphatic heterocycles. The molecule has 0 aliphatic carbocycles. The smallest absolute Gasteiger partial charge is 0.252 e. The summed E-state index contributed by atoms with van der Waals surface area (Å²) in [7, 11) is 3.71. The number of pyridine rings is 1. The number of carbonyl (C=O) groups is 1. The average molecular weight is 497 g/mol. The van der Waals surface area contributed by atoms with Crippen LogP contribution in [0.3, 0.4) is 0 Å². The van der Waals surface area contributed by atoms with Gasteiger partial charge in [-0.15, -0.1) is 24.0 Å². The van der Waals surface area contributed by atoms with E-state index in [1.165, 1.54) is 0 Å². The quantitative estimate of drug-likeness (QED) is 0.254. The van der Waals surface area contributed by atoms with E-state index >= 15 is 0 Å². The van der Waals surface area contributed by atoms with Gasteiger partial charge in [0.1, 0.15) is 5.75 Å². The van der Waals surface area contributed by atoms with E-state index in [0.717, 1.165) is 17.3 Å². The molecule has 0 unspecified atom stereocenters. The second kappa shape index (κ2) is 12.9. The lowest BCUT2D eigenvalue weighted by Crippen LogP contribution is -2.42. The van der Waals surface area contributed by atoms with Crippen molar-refractivity contribution >= 4 is 35.8 Å². The number of aromatic nitrogens is 1. The predicted octanol–water partition coefficient (Wildman–Crippen LogP) is 2.54. The van der Waals surface area contributed by atoms with Crippen LogP contribution in [0.1, 0.15) is 22.8 Å². The van der Waals surface area contributed by atoms with Crippen molar-refractivity contribution < 1.29 is 9.53 Å². The maximum atomic E-state index is 12.0. The maximum Gasteiger partial charge on any atom is 0.252 e. The maximum absolute atomic E-state index is 12.0. The molecule has 2 rings (SSSR count). The van der Waals surface area contributed by atoms with Gasteiger partial charge in [0.2, 0.25) is 0 Å². The van der Waals surface area contributed by atoms with Gasteiger partial charge in [-0.1, -0.05) is 12.1 Å². The molecule has 0 fully saturated rings. The molecular formula is C20H28IN5O2. The van der Waals surface area contributed by atoms with Crippen LogP contribution in [0.2, 0.25) is 0 Å². The first kappa shape index (κ1) is 23.7. The van der Waals surface area contributed by atoms with Crippen LogP contribution in [0.15, 0.2) is 53.8 Å². The van der Waals surface area contributed by atoms with Crippen LogP contribution in [0, 0.1) is 0 Å². The number of carbonyl (C=O) groups excluding carboxylic acids is 1. The molecule has 1 aromatic heterocycles. The molecule has 1 amide bonds. The number of guanidine groups is 1. The number of hydrogen-bond donors (Lipinski definition) is 2. The number of aliphatic imine (C=N–C) groups is 1. The van der Waals surface area contributed by atoms with Crippen molar-refractivity contribution in [2.24, 2.45) is 4.99 Å². The molecule has 0 bridgehead atoms. The predicted molar refractivity (Wildman–Crippen MR) is 122 cm³/mol. The van der Waals surface area contributed by atoms with Crippen LogP contribution in [0.5, 0.6) is 5.75 Å². The van der Waals surface area contributed by atoms with Gasteiger partial charge >= 0.3 is 0 Å². The van der Waals surface area contributed by atoms with E-state index in [-0.39, 0.29) is 29.9 Å². The van der Waals surface area contributed by atoms with E-state index in [9.17, 15) is 4.79 Å². The fourth-order valence-corrected chi connectivity index (χ4v) is 2.54. The zero-order valence-electron chi connectivity index (χ0n) is 16.5. The Morgan fingerprint density at radius 3 is 2.50 bits per heavy atom. The molecule has 1 aromatic carbocycles. The van der Waals surface area contributed by atoms with Crippen molar-refractivity contribution in [3.05, 3.63) is 59.9 Å². The molecule has 1 heterocycles. The highest BCUT2D eigenvalue weighted by Crippen LogP contribution is 2.13. The third kappa shape index (κ3) is 7.71. The number of nitrogens with one attached hydrogen (secondary N) is 2. The molecule has 8 heteroatoms. The monoisotopic (exact) mass is 497 g/mol. The minimum atomic E-state index is -0.136. The van der Waals surface area contributed by atoms with Gasteiger partial charge in [0.15, 0.2) is 5.96 Å². The Bertz CT molecular complexity index is 738. The number of amides is 1. The zero-order valence-corrected chi connectivity index (χ0v) is 18.8. The molecule has 2 N–H and O–H groups in total. The Morgan fingerprint density at radius 2 is 1.89 bits per heavy atom. The van der Waals surface area contributed by atoms with Gasteiger partial charge in [-0.3, -0.25) is 14.8 Å². The molecule has 0 spiro atoms. The largest absolute Gasteiger partial charge is 0.494 e. The van der Waals surface area contributed by atoms with Crippen LogP contribution in [0.4, 0.5) is 0 Å². The van der Waals surface area contributed by atoms with Gasteiger partial charge < -0.3 is 20.3 Å². The minimum absolute atomic E-state index is 0. The third-order valence-electron chi connectivity index (χ3n) is 3.84. The molecule has 28 heavy (non-hydrogen) atoms. The third-order valence-corrected chi connectivity index (χ3v) is 3.84. The highest BCUT2D eigenvalue weighted by Gasteiger charge is 2.08. The molecule has 0 atom stereocenters. The number of ether oxygens (including phenoxy) is 1. The Morgan fingerprint density at radius 1 is 1.18 bits per heavy atom. The first-order valence-corrected chi connectivity index (χ1v) is 8.95. The molecule has 2 aromatic rings. The van der Waals surface area contributed by atoms with E-state index in [1.807, 2.05) is 43.1 Å². The molecule has 0 aliphatic rings. The van der Waals surface area contributed by atoms with Crippen molar-refractivity contribution in [1.29, 1.82) is 0 Å². The van der Waals surface area contributed by atoms with E-state index < -0.39 is 0 Å². The van der Waals surface area contributed by atoms with Gasteiger partial charge in [0, 0.05) is 46.1 Å². The fourth-order valence-electron chi connectivity index (χ4n) is 2.54. The number of benzene rings is 1. The summed E-state index contributed by atoms with van der Waals surface area (Å²) in [5, 5.41) is 6.11. The van der Waals surface area contributed by atoms with E-state index in [2.05, 4.69) is 20.6 Å². The first-order valence-electron chi connectivity index (χ1n) is 8.95. The number of rotatable bonds is 8. The summed E-state index contributed by atoms with van der Waals surface area (Å²) in [6.07, 6.45) is 3.19. The zero-order chi connectivity index (χ0) is 19.5. The summed E-state index contributed by atoms with van der Waals surface area (Å²) < 4.78 is 5.46. The molecule has 7 nitrogen and oxygen atoms in total. The normalized spacial score (nSPS) is 10.6. The van der Waals surface area contributed by atoms with Crippen molar-refractivity contribution in [3.63, 3.8) is 0 Å². The number of nitrogens with zero attached hydrogens (tertiary/aromatic N) is 3. The molecule has 0 saturated heterocycles. The summed E-state index contributed by atoms with van der Waals surface area (Å²) in [5.41, 5.74) is 1.71. The lowest BCUT2D eigenvalue weighted by atomic mass is 10.2. The molecular weight excluding hydrogens is 469 g/mol. The fraction of sp³-hybridized carbons (Fsp3) is 0.350. The standard InChI is InChI=1S/C20H27N5O2.HI/c1-4-27-18-9-7-16(8-10-18)15-25(3)20(21-2)24-13-12-23-19(26)17-6-5-11-22-14-17;/h5-11,14H,4,12-13,15H2,1-3H3,(H,21,24)(H,23,26);1H. The summed E-state index contributed by atoms with van der Waals surface area (Å²) in [6.45, 7) is 4.41. The van der Waals surface area contributed by atoms with Crippen LogP contribution < -0.4 is 15.4 Å². The second-order valence-corrected chi connectivity index (χ2v) is 5.90. The Balaban J connectivity index is 0.00000392. The summed E-state index contributed by atoms with van der Waals surface area (Å²) in [6, 6.07) is 11.5. The van der Waals surface area contributed by atoms with E-state index in [0.29, 0.717) is 31.8 Å². The average Bonchev–Trinajstić information content (AvgIpc) is 2.70. The van der Waals surface area contributed by atoms with E-state index in [4.69, 9.17) is 4.74 Å². The topological polar surface area (TPSA) is 78.9 Å². The lowest BCUT2D eigenvalue weighted by Gasteiger charge is -2.22. The highest BCUT2D eigenvalue weighted by atomic mass is 127. The molecule has 0 radical (unpaired) electrons. The van der Waals surface area contributed by atoms with E-state index in [1.54, 1.807) is 31.6 Å². The van der Waals surface area contributed by atoms with Gasteiger partial charge in [-0.25, -0.2) is 0 Å². The summed E-state index contributed by atoms with van der Waals surface area (Å²) in [4.78, 5) is 22.2. The Hall–Kier alpha value is -2.36. The van der Waals surface area contributed by atoms with Gasteiger partial charge in [0.25, 0.3) is 5.91 Å². The minimum Gasteiger partial charge on any atom is -0.494 e. The highest BCUT2D eigenvalue weighted by molar-refractivity contribution is 14.0. The SMILES string of the molecule is CCOc1ccc(CN(C)C(=NC)NCCNC(=O)c2cccnc2)cc1.I. The first-order chi connectivity index (χ1) is 13.1. The molecule has 0 saturated carbocycles. The van der Waals surface area contributed by atoms with Crippen LogP contribution in [-0.2, 0) is 6.54 Å².